The largest absolute Gasteiger partial charge is 0.399 e. The molecule has 3 rings (SSSR count). The zero-order chi connectivity index (χ0) is 13.4. The fourth-order valence-electron chi connectivity index (χ4n) is 1.74. The maximum absolute atomic E-state index is 13.1. The summed E-state index contributed by atoms with van der Waals surface area (Å²) in [5.74, 6) is -1.26. The molecule has 0 spiro atoms. The number of hydrogen-bond acceptors (Lipinski definition) is 4. The summed E-state index contributed by atoms with van der Waals surface area (Å²) in [5, 5.41) is 3.44. The predicted molar refractivity (Wildman–Crippen MR) is 73.7 cm³/mol. The molecule has 2 aromatic carbocycles. The molecule has 96 valence electrons. The molecule has 3 N–H and O–H groups in total. The van der Waals surface area contributed by atoms with Crippen LogP contribution in [0.3, 0.4) is 0 Å². The summed E-state index contributed by atoms with van der Waals surface area (Å²) in [5.41, 5.74) is 7.45. The second kappa shape index (κ2) is 4.47. The van der Waals surface area contributed by atoms with E-state index in [0.29, 0.717) is 16.5 Å². The van der Waals surface area contributed by atoms with Gasteiger partial charge in [-0.15, -0.1) is 0 Å². The molecular weight excluding hydrogens is 268 g/mol. The van der Waals surface area contributed by atoms with Crippen LogP contribution in [0, 0.1) is 11.6 Å². The highest BCUT2D eigenvalue weighted by Gasteiger charge is 2.06. The number of halogens is 2. The molecule has 0 radical (unpaired) electrons. The average molecular weight is 277 g/mol. The summed E-state index contributed by atoms with van der Waals surface area (Å²) in [7, 11) is 0. The van der Waals surface area contributed by atoms with Crippen LogP contribution < -0.4 is 11.1 Å². The lowest BCUT2D eigenvalue weighted by molar-refractivity contribution is 0.584. The Morgan fingerprint density at radius 1 is 1.05 bits per heavy atom. The first-order valence-corrected chi connectivity index (χ1v) is 6.31. The van der Waals surface area contributed by atoms with Gasteiger partial charge in [0.1, 0.15) is 11.6 Å². The van der Waals surface area contributed by atoms with E-state index >= 15 is 0 Å². The minimum absolute atomic E-state index is 0.324. The summed E-state index contributed by atoms with van der Waals surface area (Å²) in [6.45, 7) is 0. The Kier molecular flexibility index (Phi) is 2.79. The fourth-order valence-corrected chi connectivity index (χ4v) is 2.68. The number of aromatic nitrogens is 1. The van der Waals surface area contributed by atoms with Crippen molar-refractivity contribution in [1.29, 1.82) is 0 Å². The lowest BCUT2D eigenvalue weighted by atomic mass is 10.3. The van der Waals surface area contributed by atoms with E-state index in [9.17, 15) is 8.78 Å². The second-order valence-corrected chi connectivity index (χ2v) is 5.06. The minimum atomic E-state index is -0.632. The van der Waals surface area contributed by atoms with E-state index in [4.69, 9.17) is 5.73 Å². The lowest BCUT2D eigenvalue weighted by Gasteiger charge is -2.02. The molecule has 0 aliphatic rings. The number of rotatable bonds is 2. The first-order chi connectivity index (χ1) is 9.10. The van der Waals surface area contributed by atoms with Crippen molar-refractivity contribution in [3.8, 4) is 0 Å². The lowest BCUT2D eigenvalue weighted by Crippen LogP contribution is -1.91. The van der Waals surface area contributed by atoms with E-state index in [0.717, 1.165) is 16.3 Å². The molecule has 0 saturated heterocycles. The van der Waals surface area contributed by atoms with Crippen LogP contribution >= 0.6 is 11.3 Å². The molecule has 0 saturated carbocycles. The van der Waals surface area contributed by atoms with Gasteiger partial charge < -0.3 is 11.1 Å². The van der Waals surface area contributed by atoms with Gasteiger partial charge in [0.2, 0.25) is 0 Å². The van der Waals surface area contributed by atoms with Crippen molar-refractivity contribution in [2.75, 3.05) is 11.1 Å². The number of nitrogens with zero attached hydrogens (tertiary/aromatic N) is 1. The van der Waals surface area contributed by atoms with Gasteiger partial charge in [-0.2, -0.15) is 0 Å². The minimum Gasteiger partial charge on any atom is -0.399 e. The van der Waals surface area contributed by atoms with E-state index in [2.05, 4.69) is 10.3 Å². The van der Waals surface area contributed by atoms with Crippen molar-refractivity contribution >= 4 is 38.1 Å². The standard InChI is InChI=1S/C13H9F2N3S/c14-7-3-8(15)5-10(4-7)17-13-18-11-2-1-9(16)6-12(11)19-13/h1-6H,16H2,(H,17,18). The number of benzene rings is 2. The maximum Gasteiger partial charge on any atom is 0.188 e. The van der Waals surface area contributed by atoms with Gasteiger partial charge in [-0.25, -0.2) is 13.8 Å². The monoisotopic (exact) mass is 277 g/mol. The van der Waals surface area contributed by atoms with Crippen LogP contribution in [0.15, 0.2) is 36.4 Å². The van der Waals surface area contributed by atoms with E-state index in [1.165, 1.54) is 23.5 Å². The summed E-state index contributed by atoms with van der Waals surface area (Å²) in [6, 6.07) is 8.62. The van der Waals surface area contributed by atoms with Gasteiger partial charge in [0, 0.05) is 17.4 Å². The molecule has 1 aromatic heterocycles. The van der Waals surface area contributed by atoms with Crippen LogP contribution in [0.2, 0.25) is 0 Å². The highest BCUT2D eigenvalue weighted by atomic mass is 32.1. The van der Waals surface area contributed by atoms with Gasteiger partial charge in [-0.05, 0) is 30.3 Å². The van der Waals surface area contributed by atoms with Crippen molar-refractivity contribution < 1.29 is 8.78 Å². The Bertz CT molecular complexity index is 734. The molecule has 0 unspecified atom stereocenters. The normalized spacial score (nSPS) is 10.8. The Balaban J connectivity index is 1.96. The molecule has 0 amide bonds. The van der Waals surface area contributed by atoms with Crippen LogP contribution in [-0.2, 0) is 0 Å². The Morgan fingerprint density at radius 2 is 1.79 bits per heavy atom. The number of anilines is 3. The van der Waals surface area contributed by atoms with Crippen LogP contribution in [0.5, 0.6) is 0 Å². The Labute approximate surface area is 111 Å². The van der Waals surface area contributed by atoms with E-state index in [1.807, 2.05) is 6.07 Å². The van der Waals surface area contributed by atoms with Crippen LogP contribution in [0.4, 0.5) is 25.3 Å². The van der Waals surface area contributed by atoms with Crippen molar-refractivity contribution in [2.45, 2.75) is 0 Å². The number of hydrogen-bond donors (Lipinski definition) is 2. The zero-order valence-electron chi connectivity index (χ0n) is 9.65. The van der Waals surface area contributed by atoms with Crippen molar-refractivity contribution in [1.82, 2.24) is 4.98 Å². The Morgan fingerprint density at radius 3 is 2.53 bits per heavy atom. The molecule has 3 aromatic rings. The highest BCUT2D eigenvalue weighted by molar-refractivity contribution is 7.22. The first-order valence-electron chi connectivity index (χ1n) is 5.49. The quantitative estimate of drug-likeness (QED) is 0.698. The molecule has 3 nitrogen and oxygen atoms in total. The van der Waals surface area contributed by atoms with Gasteiger partial charge >= 0.3 is 0 Å². The molecule has 1 heterocycles. The topological polar surface area (TPSA) is 50.9 Å². The summed E-state index contributed by atoms with van der Waals surface area (Å²) >= 11 is 1.37. The van der Waals surface area contributed by atoms with Crippen molar-refractivity contribution in [2.24, 2.45) is 0 Å². The number of thiazole rings is 1. The molecule has 0 fully saturated rings. The number of nitrogen functional groups attached to an aromatic ring is 1. The molecule has 0 atom stereocenters. The van der Waals surface area contributed by atoms with Gasteiger partial charge in [0.15, 0.2) is 5.13 Å². The van der Waals surface area contributed by atoms with E-state index in [-0.39, 0.29) is 0 Å². The second-order valence-electron chi connectivity index (χ2n) is 4.03. The summed E-state index contributed by atoms with van der Waals surface area (Å²) in [4.78, 5) is 4.32. The third-order valence-corrected chi connectivity index (χ3v) is 3.46. The zero-order valence-corrected chi connectivity index (χ0v) is 10.5. The van der Waals surface area contributed by atoms with Gasteiger partial charge in [-0.3, -0.25) is 0 Å². The number of fused-ring (bicyclic) bond motifs is 1. The third kappa shape index (κ3) is 2.48. The molecule has 19 heavy (non-hydrogen) atoms. The van der Waals surface area contributed by atoms with E-state index in [1.54, 1.807) is 12.1 Å². The van der Waals surface area contributed by atoms with Crippen molar-refractivity contribution in [3.63, 3.8) is 0 Å². The maximum atomic E-state index is 13.1. The molecule has 0 aliphatic heterocycles. The van der Waals surface area contributed by atoms with Gasteiger partial charge in [0.05, 0.1) is 10.2 Å². The smallest absolute Gasteiger partial charge is 0.188 e. The summed E-state index contributed by atoms with van der Waals surface area (Å²) < 4.78 is 27.1. The number of nitrogens with one attached hydrogen (secondary N) is 1. The molecule has 6 heteroatoms. The molecule has 0 bridgehead atoms. The Hall–Kier alpha value is -2.21. The van der Waals surface area contributed by atoms with E-state index < -0.39 is 11.6 Å². The number of nitrogens with two attached hydrogens (primary N) is 1. The van der Waals surface area contributed by atoms with Crippen LogP contribution in [0.25, 0.3) is 10.2 Å². The SMILES string of the molecule is Nc1ccc2nc(Nc3cc(F)cc(F)c3)sc2c1. The van der Waals surface area contributed by atoms with Gasteiger partial charge in [0.25, 0.3) is 0 Å². The van der Waals surface area contributed by atoms with Crippen molar-refractivity contribution in [3.05, 3.63) is 48.0 Å². The third-order valence-electron chi connectivity index (χ3n) is 2.53. The van der Waals surface area contributed by atoms with Crippen LogP contribution in [-0.4, -0.2) is 4.98 Å². The van der Waals surface area contributed by atoms with Crippen LogP contribution in [0.1, 0.15) is 0 Å². The molecular formula is C13H9F2N3S. The average Bonchev–Trinajstić information content (AvgIpc) is 2.68. The van der Waals surface area contributed by atoms with Gasteiger partial charge in [-0.1, -0.05) is 11.3 Å². The predicted octanol–water partition coefficient (Wildman–Crippen LogP) is 3.90. The highest BCUT2D eigenvalue weighted by Crippen LogP contribution is 2.29. The first kappa shape index (κ1) is 11.9. The summed E-state index contributed by atoms with van der Waals surface area (Å²) in [6.07, 6.45) is 0. The molecule has 0 aliphatic carbocycles. The fraction of sp³-hybridized carbons (Fsp3) is 0.